The van der Waals surface area contributed by atoms with Gasteiger partial charge < -0.3 is 10.0 Å². The highest BCUT2D eigenvalue weighted by atomic mass is 16.4. The fourth-order valence-electron chi connectivity index (χ4n) is 2.32. The number of aryl methyl sites for hydroxylation is 2. The lowest BCUT2D eigenvalue weighted by atomic mass is 10.0. The number of rotatable bonds is 7. The third kappa shape index (κ3) is 3.49. The van der Waals surface area contributed by atoms with Crippen LogP contribution in [0.2, 0.25) is 0 Å². The van der Waals surface area contributed by atoms with Crippen molar-refractivity contribution in [1.82, 2.24) is 0 Å². The molecule has 100 valence electrons. The van der Waals surface area contributed by atoms with Gasteiger partial charge in [-0.1, -0.05) is 39.0 Å². The number of benzene rings is 1. The van der Waals surface area contributed by atoms with Gasteiger partial charge in [-0.25, -0.2) is 0 Å². The third-order valence-corrected chi connectivity index (χ3v) is 3.10. The summed E-state index contributed by atoms with van der Waals surface area (Å²) < 4.78 is 0. The van der Waals surface area contributed by atoms with Gasteiger partial charge in [0.1, 0.15) is 6.54 Å². The first-order chi connectivity index (χ1) is 8.63. The summed E-state index contributed by atoms with van der Waals surface area (Å²) in [5.74, 6) is -0.767. The Morgan fingerprint density at radius 1 is 1.17 bits per heavy atom. The van der Waals surface area contributed by atoms with Crippen LogP contribution in [0, 0.1) is 0 Å². The van der Waals surface area contributed by atoms with Gasteiger partial charge >= 0.3 is 5.97 Å². The van der Waals surface area contributed by atoms with Crippen LogP contribution in [0.5, 0.6) is 0 Å². The molecule has 0 atom stereocenters. The molecule has 3 heteroatoms. The van der Waals surface area contributed by atoms with Crippen molar-refractivity contribution in [2.45, 2.75) is 40.0 Å². The van der Waals surface area contributed by atoms with Crippen LogP contribution in [0.25, 0.3) is 0 Å². The largest absolute Gasteiger partial charge is 0.480 e. The molecule has 0 aromatic heterocycles. The molecule has 0 aliphatic carbocycles. The standard InChI is InChI=1S/C15H23NO2/c1-4-10-16(11-14(17)18)15-12(5-2)8-7-9-13(15)6-3/h7-9H,4-6,10-11H2,1-3H3,(H,17,18). The highest BCUT2D eigenvalue weighted by molar-refractivity contribution is 5.75. The number of hydrogen-bond acceptors (Lipinski definition) is 2. The lowest BCUT2D eigenvalue weighted by molar-refractivity contribution is -0.135. The molecule has 3 nitrogen and oxygen atoms in total. The van der Waals surface area contributed by atoms with Gasteiger partial charge in [-0.05, 0) is 30.4 Å². The third-order valence-electron chi connectivity index (χ3n) is 3.10. The van der Waals surface area contributed by atoms with Crippen molar-refractivity contribution >= 4 is 11.7 Å². The van der Waals surface area contributed by atoms with Gasteiger partial charge in [0.2, 0.25) is 0 Å². The molecule has 0 spiro atoms. The van der Waals surface area contributed by atoms with Gasteiger partial charge in [0.25, 0.3) is 0 Å². The first-order valence-electron chi connectivity index (χ1n) is 6.71. The molecule has 0 unspecified atom stereocenters. The summed E-state index contributed by atoms with van der Waals surface area (Å²) in [6, 6.07) is 6.25. The molecular weight excluding hydrogens is 226 g/mol. The number of hydrogen-bond donors (Lipinski definition) is 1. The number of aliphatic carboxylic acids is 1. The van der Waals surface area contributed by atoms with Crippen molar-refractivity contribution in [3.05, 3.63) is 29.3 Å². The minimum atomic E-state index is -0.767. The lowest BCUT2D eigenvalue weighted by Gasteiger charge is -2.27. The van der Waals surface area contributed by atoms with Crippen LogP contribution in [0.1, 0.15) is 38.3 Å². The Morgan fingerprint density at radius 3 is 2.11 bits per heavy atom. The number of anilines is 1. The molecule has 0 aliphatic rings. The quantitative estimate of drug-likeness (QED) is 0.807. The second-order valence-corrected chi connectivity index (χ2v) is 4.45. The lowest BCUT2D eigenvalue weighted by Crippen LogP contribution is -2.32. The van der Waals surface area contributed by atoms with E-state index in [1.165, 1.54) is 11.1 Å². The molecule has 1 aromatic carbocycles. The van der Waals surface area contributed by atoms with E-state index in [-0.39, 0.29) is 6.54 Å². The Kier molecular flexibility index (Phi) is 5.69. The van der Waals surface area contributed by atoms with Gasteiger partial charge in [0.15, 0.2) is 0 Å². The summed E-state index contributed by atoms with van der Waals surface area (Å²) in [5, 5.41) is 9.06. The van der Waals surface area contributed by atoms with Gasteiger partial charge in [0, 0.05) is 12.2 Å². The maximum atomic E-state index is 11.0. The number of carbonyl (C=O) groups is 1. The van der Waals surface area contributed by atoms with E-state index < -0.39 is 5.97 Å². The zero-order chi connectivity index (χ0) is 13.5. The summed E-state index contributed by atoms with van der Waals surface area (Å²) in [6.45, 7) is 7.18. The zero-order valence-corrected chi connectivity index (χ0v) is 11.6. The molecule has 0 heterocycles. The van der Waals surface area contributed by atoms with E-state index >= 15 is 0 Å². The number of nitrogens with zero attached hydrogens (tertiary/aromatic N) is 1. The van der Waals surface area contributed by atoms with Crippen molar-refractivity contribution < 1.29 is 9.90 Å². The molecule has 1 aromatic rings. The van der Waals surface area contributed by atoms with Crippen molar-refractivity contribution in [2.75, 3.05) is 18.0 Å². The fraction of sp³-hybridized carbons (Fsp3) is 0.533. The van der Waals surface area contributed by atoms with Crippen molar-refractivity contribution in [3.63, 3.8) is 0 Å². The molecule has 0 saturated heterocycles. The van der Waals surface area contributed by atoms with Crippen LogP contribution < -0.4 is 4.90 Å². The predicted octanol–water partition coefficient (Wildman–Crippen LogP) is 3.11. The van der Waals surface area contributed by atoms with E-state index in [1.807, 2.05) is 4.90 Å². The average molecular weight is 249 g/mol. The van der Waals surface area contributed by atoms with E-state index in [1.54, 1.807) is 0 Å². The minimum absolute atomic E-state index is 0.0812. The molecule has 0 bridgehead atoms. The summed E-state index contributed by atoms with van der Waals surface area (Å²) >= 11 is 0. The summed E-state index contributed by atoms with van der Waals surface area (Å²) in [5.41, 5.74) is 3.61. The van der Waals surface area contributed by atoms with E-state index in [9.17, 15) is 4.79 Å². The van der Waals surface area contributed by atoms with Crippen LogP contribution in [-0.4, -0.2) is 24.2 Å². The first-order valence-corrected chi connectivity index (χ1v) is 6.71. The predicted molar refractivity (Wildman–Crippen MR) is 75.3 cm³/mol. The van der Waals surface area contributed by atoms with Crippen LogP contribution in [-0.2, 0) is 17.6 Å². The second-order valence-electron chi connectivity index (χ2n) is 4.45. The molecule has 1 N–H and O–H groups in total. The molecule has 0 amide bonds. The molecule has 0 radical (unpaired) electrons. The number of carboxylic acids is 1. The molecule has 0 saturated carbocycles. The summed E-state index contributed by atoms with van der Waals surface area (Å²) in [6.07, 6.45) is 2.82. The summed E-state index contributed by atoms with van der Waals surface area (Å²) in [4.78, 5) is 13.0. The highest BCUT2D eigenvalue weighted by Gasteiger charge is 2.16. The minimum Gasteiger partial charge on any atom is -0.480 e. The molecule has 0 fully saturated rings. The Balaban J connectivity index is 3.18. The fourth-order valence-corrected chi connectivity index (χ4v) is 2.32. The Hall–Kier alpha value is -1.51. The van der Waals surface area contributed by atoms with Crippen LogP contribution >= 0.6 is 0 Å². The monoisotopic (exact) mass is 249 g/mol. The second kappa shape index (κ2) is 7.04. The van der Waals surface area contributed by atoms with E-state index in [0.717, 1.165) is 31.5 Å². The van der Waals surface area contributed by atoms with E-state index in [4.69, 9.17) is 5.11 Å². The normalized spacial score (nSPS) is 10.4. The van der Waals surface area contributed by atoms with Crippen LogP contribution in [0.4, 0.5) is 5.69 Å². The Morgan fingerprint density at radius 2 is 1.72 bits per heavy atom. The SMILES string of the molecule is CCCN(CC(=O)O)c1c(CC)cccc1CC. The van der Waals surface area contributed by atoms with Crippen molar-refractivity contribution in [3.8, 4) is 0 Å². The number of para-hydroxylation sites is 1. The van der Waals surface area contributed by atoms with Crippen LogP contribution in [0.3, 0.4) is 0 Å². The number of carboxylic acid groups (broad SMARTS) is 1. The molecule has 1 rings (SSSR count). The van der Waals surface area contributed by atoms with E-state index in [2.05, 4.69) is 39.0 Å². The topological polar surface area (TPSA) is 40.5 Å². The summed E-state index contributed by atoms with van der Waals surface area (Å²) in [7, 11) is 0. The zero-order valence-electron chi connectivity index (χ0n) is 11.6. The Bertz CT molecular complexity index is 379. The van der Waals surface area contributed by atoms with Crippen LogP contribution in [0.15, 0.2) is 18.2 Å². The smallest absolute Gasteiger partial charge is 0.323 e. The van der Waals surface area contributed by atoms with Crippen molar-refractivity contribution in [2.24, 2.45) is 0 Å². The highest BCUT2D eigenvalue weighted by Crippen LogP contribution is 2.27. The van der Waals surface area contributed by atoms with Gasteiger partial charge in [0.05, 0.1) is 0 Å². The average Bonchev–Trinajstić information content (AvgIpc) is 2.36. The molecule has 0 aliphatic heterocycles. The molecular formula is C15H23NO2. The van der Waals surface area contributed by atoms with Gasteiger partial charge in [-0.2, -0.15) is 0 Å². The maximum Gasteiger partial charge on any atom is 0.323 e. The van der Waals surface area contributed by atoms with Crippen molar-refractivity contribution in [1.29, 1.82) is 0 Å². The van der Waals surface area contributed by atoms with E-state index in [0.29, 0.717) is 0 Å². The van der Waals surface area contributed by atoms with Gasteiger partial charge in [-0.15, -0.1) is 0 Å². The first kappa shape index (κ1) is 14.6. The van der Waals surface area contributed by atoms with Gasteiger partial charge in [-0.3, -0.25) is 4.79 Å². The Labute approximate surface area is 109 Å². The maximum absolute atomic E-state index is 11.0. The molecule has 18 heavy (non-hydrogen) atoms.